The molecule has 1 aliphatic heterocycles. The average Bonchev–Trinajstić information content (AvgIpc) is 2.78. The van der Waals surface area contributed by atoms with Crippen LogP contribution in [0.15, 0.2) is 4.52 Å². The molecule has 6 nitrogen and oxygen atoms in total. The fourth-order valence-electron chi connectivity index (χ4n) is 1.24. The highest BCUT2D eigenvalue weighted by molar-refractivity contribution is 7.99. The van der Waals surface area contributed by atoms with Gasteiger partial charge in [0.2, 0.25) is 11.7 Å². The molecule has 0 bridgehead atoms. The minimum absolute atomic E-state index is 0.118. The van der Waals surface area contributed by atoms with Crippen molar-refractivity contribution in [3.63, 3.8) is 0 Å². The summed E-state index contributed by atoms with van der Waals surface area (Å²) in [7, 11) is 0. The van der Waals surface area contributed by atoms with Crippen LogP contribution in [0.5, 0.6) is 0 Å². The van der Waals surface area contributed by atoms with Crippen LogP contribution in [0.4, 0.5) is 0 Å². The van der Waals surface area contributed by atoms with E-state index in [0.717, 1.165) is 11.5 Å². The first-order valence-electron chi connectivity index (χ1n) is 4.70. The first-order chi connectivity index (χ1) is 7.31. The Morgan fingerprint density at radius 2 is 2.53 bits per heavy atom. The molecule has 1 fully saturated rings. The molecule has 0 saturated carbocycles. The van der Waals surface area contributed by atoms with Crippen LogP contribution in [0.1, 0.15) is 23.9 Å². The maximum Gasteiger partial charge on any atom is 0.246 e. The van der Waals surface area contributed by atoms with Gasteiger partial charge in [-0.2, -0.15) is 16.7 Å². The van der Waals surface area contributed by atoms with E-state index in [0.29, 0.717) is 12.4 Å². The van der Waals surface area contributed by atoms with Gasteiger partial charge in [-0.3, -0.25) is 0 Å². The number of nitrogens with zero attached hydrogens (tertiary/aromatic N) is 2. The molecule has 0 radical (unpaired) electrons. The van der Waals surface area contributed by atoms with E-state index in [1.165, 1.54) is 0 Å². The summed E-state index contributed by atoms with van der Waals surface area (Å²) in [5, 5.41) is 12.6. The topological polar surface area (TPSA) is 94.4 Å². The van der Waals surface area contributed by atoms with E-state index in [9.17, 15) is 0 Å². The summed E-state index contributed by atoms with van der Waals surface area (Å²) in [6, 6.07) is -0.609. The molecule has 0 spiro atoms. The highest BCUT2D eigenvalue weighted by Crippen LogP contribution is 2.24. The third-order valence-electron chi connectivity index (χ3n) is 2.08. The van der Waals surface area contributed by atoms with Gasteiger partial charge in [-0.25, -0.2) is 0 Å². The number of ether oxygens (including phenoxy) is 1. The number of nitrogens with two attached hydrogens (primary N) is 1. The highest BCUT2D eigenvalue weighted by atomic mass is 32.2. The second kappa shape index (κ2) is 4.93. The Morgan fingerprint density at radius 1 is 1.67 bits per heavy atom. The zero-order valence-corrected chi connectivity index (χ0v) is 8.94. The molecule has 0 aliphatic carbocycles. The van der Waals surface area contributed by atoms with Gasteiger partial charge in [0.25, 0.3) is 0 Å². The van der Waals surface area contributed by atoms with Gasteiger partial charge in [-0.1, -0.05) is 5.16 Å². The Kier molecular flexibility index (Phi) is 3.57. The van der Waals surface area contributed by atoms with Gasteiger partial charge in [0.05, 0.1) is 13.2 Å². The van der Waals surface area contributed by atoms with E-state index in [2.05, 4.69) is 10.1 Å². The standard InChI is InChI=1S/C8H13N3O3S/c9-5(3-12)8-10-7(11-14-8)6-4-15-2-1-13-6/h5-6,12H,1-4,9H2/t5-,6?/m1/s1. The molecule has 1 unspecified atom stereocenters. The Labute approximate surface area is 91.2 Å². The summed E-state index contributed by atoms with van der Waals surface area (Å²) in [4.78, 5) is 4.10. The van der Waals surface area contributed by atoms with E-state index >= 15 is 0 Å². The molecule has 0 amide bonds. The fourth-order valence-corrected chi connectivity index (χ4v) is 2.08. The fraction of sp³-hybridized carbons (Fsp3) is 0.750. The van der Waals surface area contributed by atoms with Crippen LogP contribution in [0.3, 0.4) is 0 Å². The van der Waals surface area contributed by atoms with Crippen LogP contribution in [0.2, 0.25) is 0 Å². The van der Waals surface area contributed by atoms with E-state index in [4.69, 9.17) is 20.1 Å². The van der Waals surface area contributed by atoms with Crippen molar-refractivity contribution in [3.8, 4) is 0 Å². The summed E-state index contributed by atoms with van der Waals surface area (Å²) >= 11 is 1.79. The zero-order chi connectivity index (χ0) is 10.7. The lowest BCUT2D eigenvalue weighted by Crippen LogP contribution is -2.18. The number of thioether (sulfide) groups is 1. The minimum atomic E-state index is -0.609. The molecule has 0 aromatic carbocycles. The molecule has 1 aliphatic rings. The van der Waals surface area contributed by atoms with E-state index < -0.39 is 6.04 Å². The maximum absolute atomic E-state index is 8.82. The van der Waals surface area contributed by atoms with Gasteiger partial charge < -0.3 is 20.1 Å². The summed E-state index contributed by atoms with van der Waals surface area (Å²) in [5.41, 5.74) is 5.54. The predicted molar refractivity (Wildman–Crippen MR) is 54.3 cm³/mol. The molecular formula is C8H13N3O3S. The molecule has 1 aromatic rings. The minimum Gasteiger partial charge on any atom is -0.394 e. The number of hydrogen-bond donors (Lipinski definition) is 2. The summed E-state index contributed by atoms with van der Waals surface area (Å²) in [6.45, 7) is 0.493. The number of aromatic nitrogens is 2. The molecule has 2 rings (SSSR count). The maximum atomic E-state index is 8.82. The Hall–Kier alpha value is -0.630. The van der Waals surface area contributed by atoms with Crippen LogP contribution in [-0.2, 0) is 4.74 Å². The average molecular weight is 231 g/mol. The van der Waals surface area contributed by atoms with Crippen molar-refractivity contribution in [1.82, 2.24) is 10.1 Å². The lowest BCUT2D eigenvalue weighted by molar-refractivity contribution is 0.0677. The van der Waals surface area contributed by atoms with E-state index in [1.807, 2.05) is 0 Å². The molecule has 3 N–H and O–H groups in total. The SMILES string of the molecule is N[C@H](CO)c1nc(C2CSCCO2)no1. The largest absolute Gasteiger partial charge is 0.394 e. The predicted octanol–water partition coefficient (Wildman–Crippen LogP) is -0.134. The van der Waals surface area contributed by atoms with Crippen molar-refractivity contribution in [2.75, 3.05) is 24.7 Å². The van der Waals surface area contributed by atoms with Gasteiger partial charge in [0.15, 0.2) is 0 Å². The third-order valence-corrected chi connectivity index (χ3v) is 3.07. The van der Waals surface area contributed by atoms with E-state index in [-0.39, 0.29) is 18.6 Å². The Bertz CT molecular complexity index is 314. The second-order valence-electron chi connectivity index (χ2n) is 3.21. The van der Waals surface area contributed by atoms with Crippen LogP contribution in [0, 0.1) is 0 Å². The number of aliphatic hydroxyl groups excluding tert-OH is 1. The molecule has 1 saturated heterocycles. The van der Waals surface area contributed by atoms with Crippen molar-refractivity contribution < 1.29 is 14.4 Å². The molecule has 84 valence electrons. The number of aliphatic hydroxyl groups is 1. The lowest BCUT2D eigenvalue weighted by atomic mass is 10.3. The van der Waals surface area contributed by atoms with Crippen LogP contribution < -0.4 is 5.73 Å². The molecule has 2 atom stereocenters. The molecular weight excluding hydrogens is 218 g/mol. The first kappa shape index (κ1) is 10.9. The van der Waals surface area contributed by atoms with Gasteiger partial charge >= 0.3 is 0 Å². The zero-order valence-electron chi connectivity index (χ0n) is 8.13. The lowest BCUT2D eigenvalue weighted by Gasteiger charge is -2.18. The van der Waals surface area contributed by atoms with Crippen LogP contribution >= 0.6 is 11.8 Å². The molecule has 2 heterocycles. The van der Waals surface area contributed by atoms with Crippen LogP contribution in [-0.4, -0.2) is 40.0 Å². The number of hydrogen-bond acceptors (Lipinski definition) is 7. The van der Waals surface area contributed by atoms with Gasteiger partial charge in [-0.05, 0) is 0 Å². The molecule has 15 heavy (non-hydrogen) atoms. The van der Waals surface area contributed by atoms with Gasteiger partial charge in [0.1, 0.15) is 12.1 Å². The molecule has 7 heteroatoms. The smallest absolute Gasteiger partial charge is 0.246 e. The summed E-state index contributed by atoms with van der Waals surface area (Å²) in [6.07, 6.45) is -0.118. The van der Waals surface area contributed by atoms with Crippen molar-refractivity contribution in [1.29, 1.82) is 0 Å². The van der Waals surface area contributed by atoms with E-state index in [1.54, 1.807) is 11.8 Å². The third kappa shape index (κ3) is 2.49. The second-order valence-corrected chi connectivity index (χ2v) is 4.36. The quantitative estimate of drug-likeness (QED) is 0.748. The van der Waals surface area contributed by atoms with Crippen molar-refractivity contribution in [3.05, 3.63) is 11.7 Å². The van der Waals surface area contributed by atoms with Crippen molar-refractivity contribution in [2.45, 2.75) is 12.1 Å². The first-order valence-corrected chi connectivity index (χ1v) is 5.86. The van der Waals surface area contributed by atoms with Crippen molar-refractivity contribution in [2.24, 2.45) is 5.73 Å². The highest BCUT2D eigenvalue weighted by Gasteiger charge is 2.23. The summed E-state index contributed by atoms with van der Waals surface area (Å²) in [5.74, 6) is 2.60. The Balaban J connectivity index is 2.05. The monoisotopic (exact) mass is 231 g/mol. The van der Waals surface area contributed by atoms with Gasteiger partial charge in [-0.15, -0.1) is 0 Å². The van der Waals surface area contributed by atoms with Crippen molar-refractivity contribution >= 4 is 11.8 Å². The number of rotatable bonds is 3. The molecule has 1 aromatic heterocycles. The Morgan fingerprint density at radius 3 is 3.20 bits per heavy atom. The van der Waals surface area contributed by atoms with Crippen LogP contribution in [0.25, 0.3) is 0 Å². The van der Waals surface area contributed by atoms with Gasteiger partial charge in [0, 0.05) is 11.5 Å². The normalized spacial score (nSPS) is 24.0. The summed E-state index contributed by atoms with van der Waals surface area (Å²) < 4.78 is 10.4.